The molecule has 1 heteroatoms. The molecule has 0 radical (unpaired) electrons. The highest BCUT2D eigenvalue weighted by atomic mass is 79.9. The fourth-order valence-corrected chi connectivity index (χ4v) is 4.30. The summed E-state index contributed by atoms with van der Waals surface area (Å²) in [6, 6.07) is 13.8. The molecular weight excluding hydrogens is 320 g/mol. The second-order valence-corrected chi connectivity index (χ2v) is 7.21. The van der Waals surface area contributed by atoms with E-state index in [4.69, 9.17) is 0 Å². The second-order valence-electron chi connectivity index (χ2n) is 6.36. The Morgan fingerprint density at radius 2 is 1.57 bits per heavy atom. The quantitative estimate of drug-likeness (QED) is 0.410. The van der Waals surface area contributed by atoms with E-state index in [1.54, 1.807) is 11.1 Å². The van der Waals surface area contributed by atoms with Crippen LogP contribution in [0.2, 0.25) is 0 Å². The number of fused-ring (bicyclic) bond motifs is 5. The van der Waals surface area contributed by atoms with Gasteiger partial charge in [-0.15, -0.1) is 0 Å². The van der Waals surface area contributed by atoms with Gasteiger partial charge in [0.2, 0.25) is 0 Å². The van der Waals surface area contributed by atoms with Crippen molar-refractivity contribution in [1.82, 2.24) is 0 Å². The van der Waals surface area contributed by atoms with Gasteiger partial charge in [0.25, 0.3) is 0 Å². The lowest BCUT2D eigenvalue weighted by molar-refractivity contribution is 0.595. The molecule has 1 unspecified atom stereocenters. The molecule has 0 N–H and O–H groups in total. The fraction of sp³-hybridized carbons (Fsp3) is 0.300. The zero-order chi connectivity index (χ0) is 14.6. The zero-order valence-electron chi connectivity index (χ0n) is 12.5. The monoisotopic (exact) mass is 338 g/mol. The Hall–Kier alpha value is -1.34. The van der Waals surface area contributed by atoms with Crippen LogP contribution in [0.5, 0.6) is 0 Å². The Kier molecular flexibility index (Phi) is 3.08. The van der Waals surface area contributed by atoms with E-state index >= 15 is 0 Å². The van der Waals surface area contributed by atoms with Gasteiger partial charge in [0.15, 0.2) is 0 Å². The van der Waals surface area contributed by atoms with Gasteiger partial charge in [-0.1, -0.05) is 53.2 Å². The molecule has 1 aliphatic carbocycles. The maximum atomic E-state index is 3.65. The first-order chi connectivity index (χ1) is 10.2. The summed E-state index contributed by atoms with van der Waals surface area (Å²) in [4.78, 5) is 0. The second kappa shape index (κ2) is 4.84. The number of rotatable bonds is 0. The van der Waals surface area contributed by atoms with Crippen LogP contribution >= 0.6 is 15.9 Å². The smallest absolute Gasteiger partial charge is 0.0210 e. The summed E-state index contributed by atoms with van der Waals surface area (Å²) < 4.78 is 1.20. The lowest BCUT2D eigenvalue weighted by Gasteiger charge is -2.24. The zero-order valence-corrected chi connectivity index (χ0v) is 14.1. The highest BCUT2D eigenvalue weighted by Gasteiger charge is 2.19. The molecule has 0 aliphatic heterocycles. The van der Waals surface area contributed by atoms with E-state index in [9.17, 15) is 0 Å². The van der Waals surface area contributed by atoms with Crippen molar-refractivity contribution in [3.63, 3.8) is 0 Å². The third-order valence-corrected chi connectivity index (χ3v) is 5.97. The molecular formula is C20H19Br. The average molecular weight is 339 g/mol. The summed E-state index contributed by atoms with van der Waals surface area (Å²) in [5, 5.41) is 5.62. The summed E-state index contributed by atoms with van der Waals surface area (Å²) in [6.45, 7) is 4.58. The Bertz CT molecular complexity index is 861. The number of aryl methyl sites for hydroxylation is 2. The molecule has 0 fully saturated rings. The van der Waals surface area contributed by atoms with Crippen LogP contribution in [-0.4, -0.2) is 0 Å². The third-order valence-electron chi connectivity index (χ3n) is 5.11. The molecule has 0 heterocycles. The van der Waals surface area contributed by atoms with E-state index in [1.165, 1.54) is 50.8 Å². The summed E-state index contributed by atoms with van der Waals surface area (Å²) >= 11 is 3.65. The minimum atomic E-state index is 0.687. The molecule has 4 rings (SSSR count). The Morgan fingerprint density at radius 1 is 0.905 bits per heavy atom. The number of benzene rings is 3. The van der Waals surface area contributed by atoms with Crippen LogP contribution in [0.4, 0.5) is 0 Å². The summed E-state index contributed by atoms with van der Waals surface area (Å²) in [7, 11) is 0. The summed E-state index contributed by atoms with van der Waals surface area (Å²) in [5.41, 5.74) is 4.50. The van der Waals surface area contributed by atoms with Crippen LogP contribution in [0.1, 0.15) is 42.4 Å². The molecule has 0 spiro atoms. The van der Waals surface area contributed by atoms with Gasteiger partial charge in [-0.05, 0) is 76.4 Å². The van der Waals surface area contributed by atoms with Gasteiger partial charge in [0.1, 0.15) is 0 Å². The Labute approximate surface area is 134 Å². The van der Waals surface area contributed by atoms with Crippen LogP contribution in [0.3, 0.4) is 0 Å². The highest BCUT2D eigenvalue weighted by molar-refractivity contribution is 9.10. The van der Waals surface area contributed by atoms with E-state index in [-0.39, 0.29) is 0 Å². The summed E-state index contributed by atoms with van der Waals surface area (Å²) in [6.07, 6.45) is 3.90. The normalized spacial score (nSPS) is 18.1. The van der Waals surface area contributed by atoms with Crippen molar-refractivity contribution in [2.24, 2.45) is 0 Å². The molecule has 1 aliphatic rings. The fourth-order valence-electron chi connectivity index (χ4n) is 3.96. The molecule has 0 amide bonds. The Balaban J connectivity index is 2.14. The van der Waals surface area contributed by atoms with Crippen molar-refractivity contribution in [1.29, 1.82) is 0 Å². The van der Waals surface area contributed by atoms with Crippen molar-refractivity contribution < 1.29 is 0 Å². The highest BCUT2D eigenvalue weighted by Crippen LogP contribution is 2.39. The van der Waals surface area contributed by atoms with Gasteiger partial charge in [0, 0.05) is 4.47 Å². The molecule has 0 nitrogen and oxygen atoms in total. The SMILES string of the molecule is Cc1c(Br)ccc2c1ccc1c3c(ccc12)CCCC3C. The van der Waals surface area contributed by atoms with Gasteiger partial charge >= 0.3 is 0 Å². The van der Waals surface area contributed by atoms with Crippen molar-refractivity contribution in [3.8, 4) is 0 Å². The predicted molar refractivity (Wildman–Crippen MR) is 95.2 cm³/mol. The lowest BCUT2D eigenvalue weighted by Crippen LogP contribution is -2.07. The van der Waals surface area contributed by atoms with E-state index in [1.807, 2.05) is 0 Å². The van der Waals surface area contributed by atoms with Crippen LogP contribution in [-0.2, 0) is 6.42 Å². The minimum absolute atomic E-state index is 0.687. The van der Waals surface area contributed by atoms with Gasteiger partial charge in [-0.3, -0.25) is 0 Å². The molecule has 1 atom stereocenters. The first kappa shape index (κ1) is 13.3. The van der Waals surface area contributed by atoms with E-state index < -0.39 is 0 Å². The Morgan fingerprint density at radius 3 is 2.43 bits per heavy atom. The van der Waals surface area contributed by atoms with Crippen LogP contribution in [0.25, 0.3) is 21.5 Å². The molecule has 3 aromatic rings. The molecule has 21 heavy (non-hydrogen) atoms. The molecule has 0 aromatic heterocycles. The van der Waals surface area contributed by atoms with E-state index in [2.05, 4.69) is 66.2 Å². The van der Waals surface area contributed by atoms with Gasteiger partial charge < -0.3 is 0 Å². The van der Waals surface area contributed by atoms with Crippen molar-refractivity contribution in [2.45, 2.75) is 39.0 Å². The standard InChI is InChI=1S/C20H19Br/c1-12-4-3-5-14-6-7-17-16-10-11-19(21)13(2)15(16)8-9-18(17)20(12)14/h6-12H,3-5H2,1-2H3. The van der Waals surface area contributed by atoms with Crippen LogP contribution < -0.4 is 0 Å². The number of hydrogen-bond donors (Lipinski definition) is 0. The van der Waals surface area contributed by atoms with Crippen molar-refractivity contribution in [2.75, 3.05) is 0 Å². The molecule has 0 saturated carbocycles. The maximum absolute atomic E-state index is 3.65. The van der Waals surface area contributed by atoms with Crippen molar-refractivity contribution >= 4 is 37.5 Å². The van der Waals surface area contributed by atoms with E-state index in [0.717, 1.165) is 0 Å². The van der Waals surface area contributed by atoms with Crippen LogP contribution in [0, 0.1) is 6.92 Å². The van der Waals surface area contributed by atoms with Gasteiger partial charge in [0.05, 0.1) is 0 Å². The maximum Gasteiger partial charge on any atom is 0.0210 e. The number of halogens is 1. The lowest BCUT2D eigenvalue weighted by atomic mass is 9.80. The topological polar surface area (TPSA) is 0 Å². The largest absolute Gasteiger partial charge is 0.0584 e. The molecule has 3 aromatic carbocycles. The molecule has 0 saturated heterocycles. The summed E-state index contributed by atoms with van der Waals surface area (Å²) in [5.74, 6) is 0.687. The molecule has 0 bridgehead atoms. The number of hydrogen-bond acceptors (Lipinski definition) is 0. The van der Waals surface area contributed by atoms with Crippen molar-refractivity contribution in [3.05, 3.63) is 57.6 Å². The van der Waals surface area contributed by atoms with Gasteiger partial charge in [-0.25, -0.2) is 0 Å². The van der Waals surface area contributed by atoms with Gasteiger partial charge in [-0.2, -0.15) is 0 Å². The average Bonchev–Trinajstić information content (AvgIpc) is 2.50. The van der Waals surface area contributed by atoms with E-state index in [0.29, 0.717) is 5.92 Å². The van der Waals surface area contributed by atoms with Crippen LogP contribution in [0.15, 0.2) is 40.9 Å². The third kappa shape index (κ3) is 1.94. The first-order valence-electron chi connectivity index (χ1n) is 7.80. The first-order valence-corrected chi connectivity index (χ1v) is 8.59. The minimum Gasteiger partial charge on any atom is -0.0584 e. The molecule has 106 valence electrons. The predicted octanol–water partition coefficient (Wildman–Crippen LogP) is 6.50.